The molecule has 0 bridgehead atoms. The zero-order chi connectivity index (χ0) is 15.2. The van der Waals surface area contributed by atoms with Gasteiger partial charge in [0.2, 0.25) is 0 Å². The Morgan fingerprint density at radius 3 is 2.76 bits per heavy atom. The van der Waals surface area contributed by atoms with E-state index in [4.69, 9.17) is 4.98 Å². The maximum absolute atomic E-state index is 4.85. The van der Waals surface area contributed by atoms with Crippen molar-refractivity contribution in [2.45, 2.75) is 71.8 Å². The van der Waals surface area contributed by atoms with E-state index in [0.29, 0.717) is 12.0 Å². The average molecular weight is 290 g/mol. The molecule has 2 heterocycles. The fourth-order valence-corrected chi connectivity index (χ4v) is 3.07. The molecule has 1 atom stereocenters. The molecule has 0 amide bonds. The summed E-state index contributed by atoms with van der Waals surface area (Å²) < 4.78 is 0. The molecule has 0 spiro atoms. The molecule has 1 saturated heterocycles. The normalized spacial score (nSPS) is 19.1. The topological polar surface area (TPSA) is 41.0 Å². The molecule has 118 valence electrons. The third-order valence-corrected chi connectivity index (χ3v) is 4.15. The summed E-state index contributed by atoms with van der Waals surface area (Å²) in [4.78, 5) is 12.0. The highest BCUT2D eigenvalue weighted by Gasteiger charge is 2.24. The molecule has 2 rings (SSSR count). The second-order valence-electron chi connectivity index (χ2n) is 6.29. The molecular weight excluding hydrogens is 260 g/mol. The molecule has 21 heavy (non-hydrogen) atoms. The summed E-state index contributed by atoms with van der Waals surface area (Å²) in [5.41, 5.74) is 0. The quantitative estimate of drug-likeness (QED) is 0.853. The van der Waals surface area contributed by atoms with E-state index in [9.17, 15) is 0 Å². The van der Waals surface area contributed by atoms with E-state index < -0.39 is 0 Å². The molecule has 4 nitrogen and oxygen atoms in total. The van der Waals surface area contributed by atoms with Crippen molar-refractivity contribution in [2.24, 2.45) is 0 Å². The minimum absolute atomic E-state index is 0.358. The van der Waals surface area contributed by atoms with Crippen LogP contribution in [0.2, 0.25) is 0 Å². The first-order chi connectivity index (χ1) is 10.2. The Morgan fingerprint density at radius 1 is 1.29 bits per heavy atom. The fraction of sp³-hybridized carbons (Fsp3) is 0.765. The molecule has 0 saturated carbocycles. The van der Waals surface area contributed by atoms with Gasteiger partial charge >= 0.3 is 0 Å². The van der Waals surface area contributed by atoms with Crippen LogP contribution in [0, 0.1) is 0 Å². The van der Waals surface area contributed by atoms with Gasteiger partial charge in [-0.3, -0.25) is 0 Å². The molecule has 0 aromatic carbocycles. The molecule has 4 heteroatoms. The van der Waals surface area contributed by atoms with Crippen molar-refractivity contribution < 1.29 is 0 Å². The number of nitrogens with one attached hydrogen (secondary N) is 1. The molecule has 0 aliphatic carbocycles. The van der Waals surface area contributed by atoms with Crippen LogP contribution in [-0.4, -0.2) is 29.1 Å². The van der Waals surface area contributed by atoms with E-state index in [0.717, 1.165) is 30.5 Å². The van der Waals surface area contributed by atoms with Crippen LogP contribution in [0.5, 0.6) is 0 Å². The van der Waals surface area contributed by atoms with Crippen LogP contribution in [0.3, 0.4) is 0 Å². The Bertz CT molecular complexity index is 442. The first-order valence-electron chi connectivity index (χ1n) is 8.55. The molecule has 1 fully saturated rings. The number of piperidine rings is 1. The number of rotatable bonds is 6. The van der Waals surface area contributed by atoms with Crippen LogP contribution in [0.25, 0.3) is 0 Å². The summed E-state index contributed by atoms with van der Waals surface area (Å²) in [7, 11) is 0. The summed E-state index contributed by atoms with van der Waals surface area (Å²) in [6, 6.07) is 2.77. The number of hydrogen-bond donors (Lipinski definition) is 1. The van der Waals surface area contributed by atoms with Gasteiger partial charge in [0.1, 0.15) is 17.5 Å². The molecule has 1 aromatic rings. The van der Waals surface area contributed by atoms with Gasteiger partial charge in [0.05, 0.1) is 0 Å². The minimum Gasteiger partial charge on any atom is -0.370 e. The highest BCUT2D eigenvalue weighted by molar-refractivity contribution is 5.50. The van der Waals surface area contributed by atoms with E-state index in [2.05, 4.69) is 49.0 Å². The standard InChI is InChI=1S/C17H30N4/c1-5-9-14-10-7-8-11-21(14)16-12-15(18-6-2)19-17(20-16)13(3)4/h12-14H,5-11H2,1-4H3,(H,18,19,20). The van der Waals surface area contributed by atoms with Gasteiger partial charge in [0.25, 0.3) is 0 Å². The van der Waals surface area contributed by atoms with E-state index in [-0.39, 0.29) is 0 Å². The Labute approximate surface area is 129 Å². The Morgan fingerprint density at radius 2 is 2.10 bits per heavy atom. The third-order valence-electron chi connectivity index (χ3n) is 4.15. The van der Waals surface area contributed by atoms with Gasteiger partial charge in [-0.25, -0.2) is 9.97 Å². The van der Waals surface area contributed by atoms with Crippen molar-refractivity contribution in [3.8, 4) is 0 Å². The maximum Gasteiger partial charge on any atom is 0.135 e. The summed E-state index contributed by atoms with van der Waals surface area (Å²) in [6.07, 6.45) is 6.42. The highest BCUT2D eigenvalue weighted by atomic mass is 15.2. The summed E-state index contributed by atoms with van der Waals surface area (Å²) in [5, 5.41) is 3.35. The van der Waals surface area contributed by atoms with Gasteiger partial charge in [-0.1, -0.05) is 27.2 Å². The Hall–Kier alpha value is -1.32. The predicted octanol–water partition coefficient (Wildman–Crippen LogP) is 4.19. The average Bonchev–Trinajstić information content (AvgIpc) is 2.48. The van der Waals surface area contributed by atoms with Crippen LogP contribution in [0.4, 0.5) is 11.6 Å². The Balaban J connectivity index is 2.30. The smallest absolute Gasteiger partial charge is 0.135 e. The number of nitrogens with zero attached hydrogens (tertiary/aromatic N) is 3. The van der Waals surface area contributed by atoms with E-state index in [1.165, 1.54) is 32.1 Å². The molecular formula is C17H30N4. The van der Waals surface area contributed by atoms with Crippen molar-refractivity contribution in [2.75, 3.05) is 23.3 Å². The highest BCUT2D eigenvalue weighted by Crippen LogP contribution is 2.28. The Kier molecular flexibility index (Phi) is 5.83. The van der Waals surface area contributed by atoms with Crippen LogP contribution in [0.1, 0.15) is 71.5 Å². The lowest BCUT2D eigenvalue weighted by atomic mass is 9.98. The van der Waals surface area contributed by atoms with Crippen molar-refractivity contribution >= 4 is 11.6 Å². The molecule has 1 N–H and O–H groups in total. The molecule has 1 aliphatic rings. The van der Waals surface area contributed by atoms with E-state index in [1.54, 1.807) is 0 Å². The predicted molar refractivity (Wildman–Crippen MR) is 90.2 cm³/mol. The number of hydrogen-bond acceptors (Lipinski definition) is 4. The first kappa shape index (κ1) is 16.1. The number of anilines is 2. The van der Waals surface area contributed by atoms with Crippen molar-refractivity contribution in [3.63, 3.8) is 0 Å². The monoisotopic (exact) mass is 290 g/mol. The zero-order valence-electron chi connectivity index (χ0n) is 14.0. The van der Waals surface area contributed by atoms with Gasteiger partial charge in [-0.15, -0.1) is 0 Å². The van der Waals surface area contributed by atoms with Gasteiger partial charge in [0, 0.05) is 31.1 Å². The summed E-state index contributed by atoms with van der Waals surface area (Å²) in [6.45, 7) is 10.7. The fourth-order valence-electron chi connectivity index (χ4n) is 3.07. The van der Waals surface area contributed by atoms with Crippen LogP contribution < -0.4 is 10.2 Å². The first-order valence-corrected chi connectivity index (χ1v) is 8.55. The maximum atomic E-state index is 4.85. The number of aromatic nitrogens is 2. The van der Waals surface area contributed by atoms with Crippen molar-refractivity contribution in [3.05, 3.63) is 11.9 Å². The van der Waals surface area contributed by atoms with E-state index in [1.807, 2.05) is 0 Å². The minimum atomic E-state index is 0.358. The van der Waals surface area contributed by atoms with Gasteiger partial charge in [-0.2, -0.15) is 0 Å². The van der Waals surface area contributed by atoms with E-state index >= 15 is 0 Å². The third kappa shape index (κ3) is 4.08. The van der Waals surface area contributed by atoms with Gasteiger partial charge in [0.15, 0.2) is 0 Å². The lowest BCUT2D eigenvalue weighted by Crippen LogP contribution is -2.40. The second-order valence-corrected chi connectivity index (χ2v) is 6.29. The second kappa shape index (κ2) is 7.62. The van der Waals surface area contributed by atoms with Crippen LogP contribution in [0.15, 0.2) is 6.07 Å². The molecule has 0 radical (unpaired) electrons. The van der Waals surface area contributed by atoms with Gasteiger partial charge < -0.3 is 10.2 Å². The lowest BCUT2D eigenvalue weighted by molar-refractivity contribution is 0.431. The largest absolute Gasteiger partial charge is 0.370 e. The van der Waals surface area contributed by atoms with Crippen molar-refractivity contribution in [1.29, 1.82) is 0 Å². The molecule has 1 aromatic heterocycles. The molecule has 1 aliphatic heterocycles. The lowest BCUT2D eigenvalue weighted by Gasteiger charge is -2.37. The SMILES string of the molecule is CCCC1CCCCN1c1cc(NCC)nc(C(C)C)n1. The molecule has 1 unspecified atom stereocenters. The van der Waals surface area contributed by atoms with Gasteiger partial charge in [-0.05, 0) is 32.6 Å². The van der Waals surface area contributed by atoms with Crippen LogP contribution in [-0.2, 0) is 0 Å². The summed E-state index contributed by atoms with van der Waals surface area (Å²) in [5.74, 6) is 3.39. The zero-order valence-corrected chi connectivity index (χ0v) is 14.0. The summed E-state index contributed by atoms with van der Waals surface area (Å²) >= 11 is 0. The van der Waals surface area contributed by atoms with Crippen LogP contribution >= 0.6 is 0 Å². The van der Waals surface area contributed by atoms with Crippen molar-refractivity contribution in [1.82, 2.24) is 9.97 Å².